The lowest BCUT2D eigenvalue weighted by atomic mass is 10.1. The number of aryl methyl sites for hydroxylation is 2. The van der Waals surface area contributed by atoms with E-state index in [4.69, 9.17) is 20.2 Å². The number of benzene rings is 1. The molecule has 0 fully saturated rings. The summed E-state index contributed by atoms with van der Waals surface area (Å²) in [6, 6.07) is 5.80. The van der Waals surface area contributed by atoms with Gasteiger partial charge < -0.3 is 15.2 Å². The van der Waals surface area contributed by atoms with Gasteiger partial charge in [0.2, 0.25) is 6.79 Å². The van der Waals surface area contributed by atoms with E-state index in [0.29, 0.717) is 5.82 Å². The van der Waals surface area contributed by atoms with Gasteiger partial charge in [0.1, 0.15) is 11.5 Å². The molecule has 0 saturated heterocycles. The third kappa shape index (κ3) is 1.72. The molecule has 3 heterocycles. The first-order valence-corrected chi connectivity index (χ1v) is 7.67. The van der Waals surface area contributed by atoms with Crippen LogP contribution in [0.1, 0.15) is 17.5 Å². The maximum absolute atomic E-state index is 6.34. The molecule has 0 aliphatic carbocycles. The van der Waals surface area contributed by atoms with Crippen LogP contribution in [0.3, 0.4) is 0 Å². The van der Waals surface area contributed by atoms with Gasteiger partial charge in [0.05, 0.1) is 0 Å². The molecule has 3 aromatic rings. The van der Waals surface area contributed by atoms with Gasteiger partial charge in [-0.3, -0.25) is 4.40 Å². The molecule has 0 bridgehead atoms. The van der Waals surface area contributed by atoms with Crippen LogP contribution >= 0.6 is 11.3 Å². The Labute approximate surface area is 125 Å². The molecule has 1 aromatic carbocycles. The summed E-state index contributed by atoms with van der Waals surface area (Å²) < 4.78 is 12.8. The zero-order valence-electron chi connectivity index (χ0n) is 11.8. The molecule has 1 aliphatic heterocycles. The monoisotopic (exact) mass is 301 g/mol. The lowest BCUT2D eigenvalue weighted by molar-refractivity contribution is 0.174. The van der Waals surface area contributed by atoms with Crippen LogP contribution in [0.25, 0.3) is 16.2 Å². The first kappa shape index (κ1) is 12.5. The number of ether oxygens (including phenoxy) is 2. The zero-order valence-corrected chi connectivity index (χ0v) is 12.7. The minimum atomic E-state index is 0.270. The van der Waals surface area contributed by atoms with Gasteiger partial charge >= 0.3 is 0 Å². The molecule has 0 unspecified atom stereocenters. The van der Waals surface area contributed by atoms with Crippen LogP contribution in [0.15, 0.2) is 18.2 Å². The van der Waals surface area contributed by atoms with Crippen molar-refractivity contribution in [2.24, 2.45) is 0 Å². The van der Waals surface area contributed by atoms with Gasteiger partial charge in [-0.2, -0.15) is 0 Å². The van der Waals surface area contributed by atoms with Crippen molar-refractivity contribution in [1.29, 1.82) is 0 Å². The molecule has 2 N–H and O–H groups in total. The number of thiazole rings is 1. The number of nitrogens with zero attached hydrogens (tertiary/aromatic N) is 2. The number of imidazole rings is 1. The van der Waals surface area contributed by atoms with Gasteiger partial charge in [-0.15, -0.1) is 11.3 Å². The fourth-order valence-electron chi connectivity index (χ4n) is 2.76. The van der Waals surface area contributed by atoms with Gasteiger partial charge in [0.15, 0.2) is 16.5 Å². The molecule has 0 amide bonds. The molecule has 0 radical (unpaired) electrons. The maximum Gasteiger partial charge on any atom is 0.231 e. The molecule has 108 valence electrons. The average molecular weight is 301 g/mol. The van der Waals surface area contributed by atoms with Crippen molar-refractivity contribution in [2.45, 2.75) is 20.3 Å². The number of aromatic nitrogens is 2. The highest BCUT2D eigenvalue weighted by atomic mass is 32.1. The summed E-state index contributed by atoms with van der Waals surface area (Å²) in [5, 5.41) is 0. The Hall–Kier alpha value is -2.21. The topological polar surface area (TPSA) is 61.8 Å². The van der Waals surface area contributed by atoms with E-state index in [-0.39, 0.29) is 6.79 Å². The quantitative estimate of drug-likeness (QED) is 0.789. The van der Waals surface area contributed by atoms with Crippen molar-refractivity contribution in [2.75, 3.05) is 12.5 Å². The number of rotatable bonds is 2. The summed E-state index contributed by atoms with van der Waals surface area (Å²) in [5.74, 6) is 2.20. The van der Waals surface area contributed by atoms with E-state index in [1.165, 1.54) is 10.6 Å². The van der Waals surface area contributed by atoms with Crippen LogP contribution in [-0.4, -0.2) is 16.2 Å². The maximum atomic E-state index is 6.34. The van der Waals surface area contributed by atoms with E-state index in [2.05, 4.69) is 18.2 Å². The summed E-state index contributed by atoms with van der Waals surface area (Å²) in [7, 11) is 0. The molecular weight excluding hydrogens is 286 g/mol. The number of anilines is 1. The van der Waals surface area contributed by atoms with E-state index in [0.717, 1.165) is 34.1 Å². The predicted molar refractivity (Wildman–Crippen MR) is 83.2 cm³/mol. The van der Waals surface area contributed by atoms with Crippen LogP contribution in [0, 0.1) is 6.92 Å². The largest absolute Gasteiger partial charge is 0.454 e. The average Bonchev–Trinajstić information content (AvgIpc) is 3.13. The SMILES string of the molecule is CCc1c(C)sc2nc(-c3ccc4c(c3)OCO4)c(N)n12. The van der Waals surface area contributed by atoms with E-state index in [9.17, 15) is 0 Å². The molecule has 0 saturated carbocycles. The number of fused-ring (bicyclic) bond motifs is 2. The Morgan fingerprint density at radius 1 is 1.33 bits per heavy atom. The third-order valence-electron chi connectivity index (χ3n) is 3.78. The van der Waals surface area contributed by atoms with Crippen LogP contribution in [0.4, 0.5) is 5.82 Å². The highest BCUT2D eigenvalue weighted by Gasteiger charge is 2.20. The second kappa shape index (κ2) is 4.39. The third-order valence-corrected chi connectivity index (χ3v) is 4.78. The molecular formula is C15H15N3O2S. The summed E-state index contributed by atoms with van der Waals surface area (Å²) in [4.78, 5) is 6.90. The fraction of sp³-hybridized carbons (Fsp3) is 0.267. The lowest BCUT2D eigenvalue weighted by Gasteiger charge is -2.03. The molecule has 2 aromatic heterocycles. The Kier molecular flexibility index (Phi) is 2.62. The Bertz CT molecular complexity index is 850. The fourth-order valence-corrected chi connectivity index (χ4v) is 3.82. The van der Waals surface area contributed by atoms with E-state index >= 15 is 0 Å². The van der Waals surface area contributed by atoms with Crippen molar-refractivity contribution in [3.8, 4) is 22.8 Å². The number of nitrogen functional groups attached to an aromatic ring is 1. The standard InChI is InChI=1S/C15H15N3O2S/c1-3-10-8(2)21-15-17-13(14(16)18(10)15)9-4-5-11-12(6-9)20-7-19-11/h4-6H,3,7,16H2,1-2H3. The second-order valence-electron chi connectivity index (χ2n) is 4.99. The normalized spacial score (nSPS) is 13.2. The number of nitrogens with two attached hydrogens (primary N) is 1. The van der Waals surface area contributed by atoms with Crippen LogP contribution in [-0.2, 0) is 6.42 Å². The van der Waals surface area contributed by atoms with Crippen LogP contribution in [0.5, 0.6) is 11.5 Å². The summed E-state index contributed by atoms with van der Waals surface area (Å²) in [6.07, 6.45) is 0.937. The van der Waals surface area contributed by atoms with E-state index in [1.54, 1.807) is 11.3 Å². The van der Waals surface area contributed by atoms with E-state index in [1.807, 2.05) is 18.2 Å². The Morgan fingerprint density at radius 2 is 2.14 bits per heavy atom. The highest BCUT2D eigenvalue weighted by Crippen LogP contribution is 2.38. The van der Waals surface area contributed by atoms with Crippen molar-refractivity contribution < 1.29 is 9.47 Å². The van der Waals surface area contributed by atoms with Crippen molar-refractivity contribution >= 4 is 22.1 Å². The molecule has 4 rings (SSSR count). The van der Waals surface area contributed by atoms with Crippen molar-refractivity contribution in [3.63, 3.8) is 0 Å². The first-order valence-electron chi connectivity index (χ1n) is 6.85. The molecule has 21 heavy (non-hydrogen) atoms. The second-order valence-corrected chi connectivity index (χ2v) is 6.17. The molecule has 1 aliphatic rings. The zero-order chi connectivity index (χ0) is 14.6. The van der Waals surface area contributed by atoms with Crippen LogP contribution in [0.2, 0.25) is 0 Å². The van der Waals surface area contributed by atoms with Gasteiger partial charge in [-0.25, -0.2) is 4.98 Å². The molecule has 6 heteroatoms. The van der Waals surface area contributed by atoms with Crippen molar-refractivity contribution in [1.82, 2.24) is 9.38 Å². The minimum absolute atomic E-state index is 0.270. The number of hydrogen-bond acceptors (Lipinski definition) is 5. The molecule has 0 spiro atoms. The lowest BCUT2D eigenvalue weighted by Crippen LogP contribution is -1.98. The summed E-state index contributed by atoms with van der Waals surface area (Å²) >= 11 is 1.67. The summed E-state index contributed by atoms with van der Waals surface area (Å²) in [5.41, 5.74) is 9.32. The van der Waals surface area contributed by atoms with Crippen LogP contribution < -0.4 is 15.2 Å². The highest BCUT2D eigenvalue weighted by molar-refractivity contribution is 7.17. The summed E-state index contributed by atoms with van der Waals surface area (Å²) in [6.45, 7) is 4.51. The Morgan fingerprint density at radius 3 is 2.95 bits per heavy atom. The predicted octanol–water partition coefficient (Wildman–Crippen LogP) is 3.24. The van der Waals surface area contributed by atoms with Gasteiger partial charge in [0, 0.05) is 16.1 Å². The number of hydrogen-bond donors (Lipinski definition) is 1. The van der Waals surface area contributed by atoms with Crippen molar-refractivity contribution in [3.05, 3.63) is 28.8 Å². The minimum Gasteiger partial charge on any atom is -0.454 e. The van der Waals surface area contributed by atoms with Gasteiger partial charge in [-0.1, -0.05) is 6.92 Å². The van der Waals surface area contributed by atoms with Gasteiger partial charge in [-0.05, 0) is 31.5 Å². The first-order chi connectivity index (χ1) is 10.2. The smallest absolute Gasteiger partial charge is 0.231 e. The van der Waals surface area contributed by atoms with E-state index < -0.39 is 0 Å². The molecule has 5 nitrogen and oxygen atoms in total. The Balaban J connectivity index is 1.91. The molecule has 0 atom stereocenters. The van der Waals surface area contributed by atoms with Gasteiger partial charge in [0.25, 0.3) is 0 Å².